The normalized spacial score (nSPS) is 10.9. The van der Waals surface area contributed by atoms with Crippen LogP contribution in [-0.4, -0.2) is 15.0 Å². The molecule has 6 aromatic rings. The third-order valence-electron chi connectivity index (χ3n) is 4.69. The molecular formula is C24H16N4O. The van der Waals surface area contributed by atoms with Gasteiger partial charge in [0.15, 0.2) is 0 Å². The molecule has 0 bridgehead atoms. The molecule has 0 amide bonds. The molecule has 2 aromatic heterocycles. The number of hydrogen-bond donors (Lipinski definition) is 0. The van der Waals surface area contributed by atoms with Gasteiger partial charge in [-0.2, -0.15) is 4.73 Å². The van der Waals surface area contributed by atoms with Crippen LogP contribution in [0.5, 0.6) is 0 Å². The van der Waals surface area contributed by atoms with E-state index in [-0.39, 0.29) is 0 Å². The van der Waals surface area contributed by atoms with E-state index in [1.807, 2.05) is 84.9 Å². The third kappa shape index (κ3) is 3.19. The number of nitrogens with zero attached hydrogens (tertiary/aromatic N) is 4. The predicted octanol–water partition coefficient (Wildman–Crippen LogP) is 4.80. The van der Waals surface area contributed by atoms with Gasteiger partial charge < -0.3 is 5.21 Å². The molecule has 29 heavy (non-hydrogen) atoms. The molecule has 0 atom stereocenters. The second kappa shape index (κ2) is 7.13. The minimum Gasteiger partial charge on any atom is -0.618 e. The Hall–Kier alpha value is -4.12. The lowest BCUT2D eigenvalue weighted by molar-refractivity contribution is -0.548. The van der Waals surface area contributed by atoms with Crippen molar-refractivity contribution in [1.29, 1.82) is 0 Å². The lowest BCUT2D eigenvalue weighted by atomic mass is 10.2. The summed E-state index contributed by atoms with van der Waals surface area (Å²) in [6.07, 6.45) is 0. The Bertz CT molecular complexity index is 1320. The molecule has 0 N–H and O–H groups in total. The lowest BCUT2D eigenvalue weighted by Gasteiger charge is -2.04. The summed E-state index contributed by atoms with van der Waals surface area (Å²) >= 11 is 0. The summed E-state index contributed by atoms with van der Waals surface area (Å²) in [7, 11) is 0. The largest absolute Gasteiger partial charge is 0.618 e. The zero-order valence-electron chi connectivity index (χ0n) is 15.4. The summed E-state index contributed by atoms with van der Waals surface area (Å²) in [5.74, 6) is 0. The average Bonchev–Trinajstić information content (AvgIpc) is 2.78. The highest BCUT2D eigenvalue weighted by molar-refractivity contribution is 5.86. The standard InChI is InChI=1S/C12H8N2O.C12H8N2/c15-14-11-7-3-1-5-9(11)13-10-6-2-4-8-12(10)14;1-2-6-10-9(5-1)13-11-7-3-4-8-12(11)14-10/h1-8H;1-8H. The summed E-state index contributed by atoms with van der Waals surface area (Å²) in [4.78, 5) is 13.4. The predicted molar refractivity (Wildman–Crippen MR) is 115 cm³/mol. The van der Waals surface area contributed by atoms with E-state index in [9.17, 15) is 5.21 Å². The Labute approximate surface area is 166 Å². The van der Waals surface area contributed by atoms with Crippen LogP contribution in [0.1, 0.15) is 0 Å². The second-order valence-corrected chi connectivity index (χ2v) is 6.58. The van der Waals surface area contributed by atoms with E-state index in [1.165, 1.54) is 0 Å². The highest BCUT2D eigenvalue weighted by atomic mass is 16.5. The van der Waals surface area contributed by atoms with Crippen LogP contribution < -0.4 is 4.73 Å². The zero-order chi connectivity index (χ0) is 19.6. The summed E-state index contributed by atoms with van der Waals surface area (Å²) in [6.45, 7) is 0. The molecule has 0 saturated heterocycles. The molecular weight excluding hydrogens is 360 g/mol. The Morgan fingerprint density at radius 1 is 0.414 bits per heavy atom. The number of para-hydroxylation sites is 8. The fourth-order valence-corrected chi connectivity index (χ4v) is 3.29. The molecule has 0 aliphatic carbocycles. The molecule has 0 aliphatic rings. The smallest absolute Gasteiger partial charge is 0.242 e. The molecule has 0 aliphatic heterocycles. The molecule has 0 fully saturated rings. The fourth-order valence-electron chi connectivity index (χ4n) is 3.29. The van der Waals surface area contributed by atoms with Crippen molar-refractivity contribution in [1.82, 2.24) is 15.0 Å². The van der Waals surface area contributed by atoms with Crippen molar-refractivity contribution in [2.24, 2.45) is 0 Å². The van der Waals surface area contributed by atoms with E-state index < -0.39 is 0 Å². The van der Waals surface area contributed by atoms with Crippen LogP contribution in [0.25, 0.3) is 44.1 Å². The van der Waals surface area contributed by atoms with E-state index in [0.29, 0.717) is 11.0 Å². The topological polar surface area (TPSA) is 65.6 Å². The third-order valence-corrected chi connectivity index (χ3v) is 4.69. The summed E-state index contributed by atoms with van der Waals surface area (Å²) in [5.41, 5.74) is 6.47. The number of aromatic nitrogens is 4. The molecule has 0 saturated carbocycles. The van der Waals surface area contributed by atoms with Gasteiger partial charge in [-0.1, -0.05) is 48.5 Å². The maximum Gasteiger partial charge on any atom is 0.242 e. The first-order valence-electron chi connectivity index (χ1n) is 9.28. The van der Waals surface area contributed by atoms with Crippen LogP contribution >= 0.6 is 0 Å². The van der Waals surface area contributed by atoms with Gasteiger partial charge in [-0.25, -0.2) is 15.0 Å². The maximum atomic E-state index is 12.0. The molecule has 2 heterocycles. The van der Waals surface area contributed by atoms with Gasteiger partial charge in [0.2, 0.25) is 11.0 Å². The average molecular weight is 376 g/mol. The van der Waals surface area contributed by atoms with Gasteiger partial charge in [0.1, 0.15) is 11.0 Å². The number of benzene rings is 4. The van der Waals surface area contributed by atoms with Gasteiger partial charge in [0, 0.05) is 12.1 Å². The first-order valence-corrected chi connectivity index (χ1v) is 9.28. The van der Waals surface area contributed by atoms with Crippen molar-refractivity contribution in [3.63, 3.8) is 0 Å². The van der Waals surface area contributed by atoms with Crippen LogP contribution in [0.4, 0.5) is 0 Å². The number of hydrogen-bond acceptors (Lipinski definition) is 4. The van der Waals surface area contributed by atoms with Gasteiger partial charge in [-0.05, 0) is 36.4 Å². The SMILES string of the molecule is [O-][n+]1c2ccccc2nc2ccccc21.c1ccc2nc3ccccc3nc2c1. The summed E-state index contributed by atoms with van der Waals surface area (Å²) in [5, 5.41) is 12.0. The minimum atomic E-state index is 0.608. The Kier molecular flexibility index (Phi) is 4.18. The van der Waals surface area contributed by atoms with E-state index in [1.54, 1.807) is 12.1 Å². The van der Waals surface area contributed by atoms with Gasteiger partial charge in [0.05, 0.1) is 22.1 Å². The number of fused-ring (bicyclic) bond motifs is 4. The first kappa shape index (κ1) is 17.0. The minimum absolute atomic E-state index is 0.608. The van der Waals surface area contributed by atoms with Gasteiger partial charge >= 0.3 is 0 Å². The molecule has 0 spiro atoms. The fraction of sp³-hybridized carbons (Fsp3) is 0. The maximum absolute atomic E-state index is 12.0. The molecule has 4 aromatic carbocycles. The Balaban J connectivity index is 0.000000125. The van der Waals surface area contributed by atoms with E-state index >= 15 is 0 Å². The van der Waals surface area contributed by atoms with E-state index in [4.69, 9.17) is 0 Å². The van der Waals surface area contributed by atoms with Crippen LogP contribution in [0.15, 0.2) is 97.1 Å². The van der Waals surface area contributed by atoms with Crippen molar-refractivity contribution in [3.05, 3.63) is 102 Å². The summed E-state index contributed by atoms with van der Waals surface area (Å²) < 4.78 is 0.928. The van der Waals surface area contributed by atoms with Gasteiger partial charge in [0.25, 0.3) is 0 Å². The van der Waals surface area contributed by atoms with Crippen molar-refractivity contribution < 1.29 is 4.73 Å². The molecule has 6 rings (SSSR count). The van der Waals surface area contributed by atoms with E-state index in [2.05, 4.69) is 15.0 Å². The van der Waals surface area contributed by atoms with E-state index in [0.717, 1.165) is 37.8 Å². The van der Waals surface area contributed by atoms with Crippen molar-refractivity contribution >= 4 is 44.1 Å². The van der Waals surface area contributed by atoms with Crippen molar-refractivity contribution in [2.45, 2.75) is 0 Å². The zero-order valence-corrected chi connectivity index (χ0v) is 15.4. The molecule has 5 nitrogen and oxygen atoms in total. The highest BCUT2D eigenvalue weighted by Crippen LogP contribution is 2.15. The van der Waals surface area contributed by atoms with Crippen LogP contribution in [-0.2, 0) is 0 Å². The van der Waals surface area contributed by atoms with Crippen LogP contribution in [0.3, 0.4) is 0 Å². The Morgan fingerprint density at radius 2 is 0.690 bits per heavy atom. The monoisotopic (exact) mass is 376 g/mol. The molecule has 0 unspecified atom stereocenters. The van der Waals surface area contributed by atoms with Crippen LogP contribution in [0.2, 0.25) is 0 Å². The first-order chi connectivity index (χ1) is 14.3. The Morgan fingerprint density at radius 3 is 1.07 bits per heavy atom. The molecule has 0 radical (unpaired) electrons. The highest BCUT2D eigenvalue weighted by Gasteiger charge is 2.09. The van der Waals surface area contributed by atoms with Crippen molar-refractivity contribution in [3.8, 4) is 0 Å². The molecule has 138 valence electrons. The van der Waals surface area contributed by atoms with Gasteiger partial charge in [-0.15, -0.1) is 0 Å². The van der Waals surface area contributed by atoms with Crippen molar-refractivity contribution in [2.75, 3.05) is 0 Å². The quantitative estimate of drug-likeness (QED) is 0.217. The molecule has 5 heteroatoms. The number of rotatable bonds is 0. The van der Waals surface area contributed by atoms with Crippen LogP contribution in [0, 0.1) is 5.21 Å². The lowest BCUT2D eigenvalue weighted by Crippen LogP contribution is -2.28. The second-order valence-electron chi connectivity index (χ2n) is 6.58. The van der Waals surface area contributed by atoms with Gasteiger partial charge in [-0.3, -0.25) is 0 Å². The summed E-state index contributed by atoms with van der Waals surface area (Å²) in [6, 6.07) is 30.5.